The van der Waals surface area contributed by atoms with Crippen LogP contribution in [0.1, 0.15) is 21.7 Å². The van der Waals surface area contributed by atoms with Crippen molar-refractivity contribution < 1.29 is 4.79 Å². The van der Waals surface area contributed by atoms with Crippen LogP contribution in [0.5, 0.6) is 0 Å². The first kappa shape index (κ1) is 19.3. The molecule has 4 aromatic rings. The van der Waals surface area contributed by atoms with Crippen molar-refractivity contribution in [1.82, 2.24) is 34.6 Å². The Labute approximate surface area is 173 Å². The molecule has 3 heterocycles. The van der Waals surface area contributed by atoms with E-state index in [0.29, 0.717) is 24.5 Å². The lowest BCUT2D eigenvalue weighted by Crippen LogP contribution is -2.29. The van der Waals surface area contributed by atoms with Gasteiger partial charge in [-0.1, -0.05) is 6.07 Å². The average Bonchev–Trinajstić information content (AvgIpc) is 3.42. The van der Waals surface area contributed by atoms with Crippen molar-refractivity contribution in [2.24, 2.45) is 0 Å². The summed E-state index contributed by atoms with van der Waals surface area (Å²) in [7, 11) is 0. The Bertz CT molecular complexity index is 1150. The Morgan fingerprint density at radius 1 is 1.07 bits per heavy atom. The van der Waals surface area contributed by atoms with Crippen LogP contribution in [-0.4, -0.2) is 48.3 Å². The molecule has 2 N–H and O–H groups in total. The molecule has 9 nitrogen and oxygen atoms in total. The molecule has 3 aromatic heterocycles. The third-order valence-electron chi connectivity index (χ3n) is 4.75. The zero-order valence-corrected chi connectivity index (χ0v) is 16.8. The summed E-state index contributed by atoms with van der Waals surface area (Å²) in [6.07, 6.45) is 6.79. The summed E-state index contributed by atoms with van der Waals surface area (Å²) >= 11 is 0. The molecule has 9 heteroatoms. The molecule has 0 radical (unpaired) electrons. The Hall–Kier alpha value is -4.01. The van der Waals surface area contributed by atoms with Crippen molar-refractivity contribution in [2.45, 2.75) is 13.8 Å². The van der Waals surface area contributed by atoms with Crippen LogP contribution in [0.2, 0.25) is 0 Å². The first-order valence-electron chi connectivity index (χ1n) is 9.57. The van der Waals surface area contributed by atoms with E-state index in [0.717, 1.165) is 22.9 Å². The van der Waals surface area contributed by atoms with Gasteiger partial charge in [-0.05, 0) is 38.1 Å². The summed E-state index contributed by atoms with van der Waals surface area (Å²) in [4.78, 5) is 25.3. The smallest absolute Gasteiger partial charge is 0.251 e. The fraction of sp³-hybridized carbons (Fsp3) is 0.190. The number of hydrogen-bond acceptors (Lipinski definition) is 6. The van der Waals surface area contributed by atoms with Crippen molar-refractivity contribution in [3.63, 3.8) is 0 Å². The lowest BCUT2D eigenvalue weighted by molar-refractivity contribution is 0.0955. The van der Waals surface area contributed by atoms with E-state index in [1.165, 1.54) is 6.33 Å². The Kier molecular flexibility index (Phi) is 5.51. The summed E-state index contributed by atoms with van der Waals surface area (Å²) in [5.41, 5.74) is 3.41. The number of anilines is 1. The molecular weight excluding hydrogens is 380 g/mol. The second kappa shape index (κ2) is 8.56. The SMILES string of the molecule is Cc1ncn(-c2cc(NCCNC(=O)c3cccc(-n4cccn4)c3)ncn2)c1C. The number of benzene rings is 1. The quantitative estimate of drug-likeness (QED) is 0.460. The predicted molar refractivity (Wildman–Crippen MR) is 113 cm³/mol. The Morgan fingerprint density at radius 2 is 1.97 bits per heavy atom. The molecule has 0 aliphatic rings. The van der Waals surface area contributed by atoms with Gasteiger partial charge in [0.05, 0.1) is 11.4 Å². The van der Waals surface area contributed by atoms with Crippen molar-refractivity contribution in [3.8, 4) is 11.5 Å². The van der Waals surface area contributed by atoms with Gasteiger partial charge < -0.3 is 10.6 Å². The number of rotatable bonds is 7. The van der Waals surface area contributed by atoms with E-state index < -0.39 is 0 Å². The molecule has 0 saturated heterocycles. The molecule has 0 spiro atoms. The van der Waals surface area contributed by atoms with Gasteiger partial charge in [0.25, 0.3) is 5.91 Å². The van der Waals surface area contributed by atoms with E-state index in [4.69, 9.17) is 0 Å². The first-order valence-corrected chi connectivity index (χ1v) is 9.57. The first-order chi connectivity index (χ1) is 14.6. The van der Waals surface area contributed by atoms with Gasteiger partial charge in [-0.15, -0.1) is 0 Å². The average molecular weight is 402 g/mol. The molecule has 0 aliphatic carbocycles. The van der Waals surface area contributed by atoms with Gasteiger partial charge in [0, 0.05) is 42.8 Å². The van der Waals surface area contributed by atoms with E-state index >= 15 is 0 Å². The standard InChI is InChI=1S/C21H22N8O/c1-15-16(2)28(14-26-15)20-12-19(24-13-25-20)22-8-9-23-21(30)17-5-3-6-18(11-17)29-10-4-7-27-29/h3-7,10-14H,8-9H2,1-2H3,(H,23,30)(H,22,24,25). The second-order valence-electron chi connectivity index (χ2n) is 6.73. The number of nitrogens with zero attached hydrogens (tertiary/aromatic N) is 6. The molecule has 0 fully saturated rings. The molecular formula is C21H22N8O. The molecule has 0 atom stereocenters. The summed E-state index contributed by atoms with van der Waals surface area (Å²) in [5, 5.41) is 10.3. The topological polar surface area (TPSA) is 103 Å². The number of nitrogens with one attached hydrogen (secondary N) is 2. The van der Waals surface area contributed by atoms with Crippen molar-refractivity contribution in [2.75, 3.05) is 18.4 Å². The minimum absolute atomic E-state index is 0.140. The molecule has 152 valence electrons. The van der Waals surface area contributed by atoms with Crippen LogP contribution in [0, 0.1) is 13.8 Å². The lowest BCUT2D eigenvalue weighted by atomic mass is 10.2. The molecule has 0 bridgehead atoms. The highest BCUT2D eigenvalue weighted by molar-refractivity contribution is 5.94. The number of aromatic nitrogens is 6. The van der Waals surface area contributed by atoms with Crippen molar-refractivity contribution in [3.05, 3.63) is 78.4 Å². The maximum Gasteiger partial charge on any atom is 0.251 e. The third kappa shape index (κ3) is 4.19. The highest BCUT2D eigenvalue weighted by atomic mass is 16.1. The van der Waals surface area contributed by atoms with Crippen LogP contribution in [-0.2, 0) is 0 Å². The fourth-order valence-electron chi connectivity index (χ4n) is 2.98. The zero-order chi connectivity index (χ0) is 20.9. The highest BCUT2D eigenvalue weighted by Gasteiger charge is 2.08. The molecule has 30 heavy (non-hydrogen) atoms. The largest absolute Gasteiger partial charge is 0.368 e. The molecule has 0 aliphatic heterocycles. The van der Waals surface area contributed by atoms with Gasteiger partial charge in [0.1, 0.15) is 24.3 Å². The van der Waals surface area contributed by atoms with E-state index in [1.807, 2.05) is 54.9 Å². The summed E-state index contributed by atoms with van der Waals surface area (Å²) in [6, 6.07) is 11.0. The van der Waals surface area contributed by atoms with Gasteiger partial charge in [0.2, 0.25) is 0 Å². The molecule has 0 saturated carbocycles. The van der Waals surface area contributed by atoms with E-state index in [2.05, 4.69) is 30.7 Å². The van der Waals surface area contributed by atoms with Crippen LogP contribution in [0.15, 0.2) is 61.4 Å². The number of hydrogen-bond donors (Lipinski definition) is 2. The maximum atomic E-state index is 12.5. The van der Waals surface area contributed by atoms with Gasteiger partial charge >= 0.3 is 0 Å². The zero-order valence-electron chi connectivity index (χ0n) is 16.8. The summed E-state index contributed by atoms with van der Waals surface area (Å²) < 4.78 is 3.63. The number of aryl methyl sites for hydroxylation is 1. The van der Waals surface area contributed by atoms with Gasteiger partial charge in [-0.3, -0.25) is 9.36 Å². The molecule has 4 rings (SSSR count). The predicted octanol–water partition coefficient (Wildman–Crippen LogP) is 2.31. The van der Waals surface area contributed by atoms with Crippen molar-refractivity contribution >= 4 is 11.7 Å². The van der Waals surface area contributed by atoms with Gasteiger partial charge in [0.15, 0.2) is 0 Å². The molecule has 0 unspecified atom stereocenters. The maximum absolute atomic E-state index is 12.5. The minimum atomic E-state index is -0.140. The number of carbonyl (C=O) groups is 1. The number of imidazole rings is 1. The van der Waals surface area contributed by atoms with Crippen LogP contribution in [0.4, 0.5) is 5.82 Å². The number of amides is 1. The van der Waals surface area contributed by atoms with Crippen LogP contribution in [0.25, 0.3) is 11.5 Å². The Morgan fingerprint density at radius 3 is 2.73 bits per heavy atom. The molecule has 1 amide bonds. The van der Waals surface area contributed by atoms with E-state index in [-0.39, 0.29) is 5.91 Å². The second-order valence-corrected chi connectivity index (χ2v) is 6.73. The van der Waals surface area contributed by atoms with Crippen molar-refractivity contribution in [1.29, 1.82) is 0 Å². The number of carbonyl (C=O) groups excluding carboxylic acids is 1. The van der Waals surface area contributed by atoms with Gasteiger partial charge in [-0.25, -0.2) is 19.6 Å². The lowest BCUT2D eigenvalue weighted by Gasteiger charge is -2.10. The van der Waals surface area contributed by atoms with Crippen LogP contribution >= 0.6 is 0 Å². The van der Waals surface area contributed by atoms with E-state index in [1.54, 1.807) is 23.3 Å². The highest BCUT2D eigenvalue weighted by Crippen LogP contribution is 2.13. The molecule has 1 aromatic carbocycles. The van der Waals surface area contributed by atoms with Crippen LogP contribution in [0.3, 0.4) is 0 Å². The van der Waals surface area contributed by atoms with Gasteiger partial charge in [-0.2, -0.15) is 5.10 Å². The normalized spacial score (nSPS) is 10.7. The minimum Gasteiger partial charge on any atom is -0.368 e. The fourth-order valence-corrected chi connectivity index (χ4v) is 2.98. The third-order valence-corrected chi connectivity index (χ3v) is 4.75. The summed E-state index contributed by atoms with van der Waals surface area (Å²) in [6.45, 7) is 4.93. The van der Waals surface area contributed by atoms with E-state index in [9.17, 15) is 4.79 Å². The summed E-state index contributed by atoms with van der Waals surface area (Å²) in [5.74, 6) is 1.28. The Balaban J connectivity index is 1.32. The van der Waals surface area contributed by atoms with Crippen LogP contribution < -0.4 is 10.6 Å². The monoisotopic (exact) mass is 402 g/mol.